The molecule has 0 heterocycles. The molecule has 0 saturated carbocycles. The molecule has 0 atom stereocenters. The van der Waals surface area contributed by atoms with Crippen LogP contribution in [0, 0.1) is 0 Å². The number of hydrogen-bond donors (Lipinski definition) is 0. The van der Waals surface area contributed by atoms with Crippen LogP contribution in [0.25, 0.3) is 120 Å². The Labute approximate surface area is 277 Å². The first-order chi connectivity index (χ1) is 23.8. The average Bonchev–Trinajstić information content (AvgIpc) is 3.63. The minimum absolute atomic E-state index is 1.26. The lowest BCUT2D eigenvalue weighted by Crippen LogP contribution is -1.85. The maximum atomic E-state index is 2.47. The van der Waals surface area contributed by atoms with Gasteiger partial charge in [0.2, 0.25) is 0 Å². The zero-order valence-electron chi connectivity index (χ0n) is 26.0. The fourth-order valence-electron chi connectivity index (χ4n) is 9.12. The predicted octanol–water partition coefficient (Wildman–Crippen LogP) is 13.6. The van der Waals surface area contributed by atoms with E-state index in [1.807, 2.05) is 0 Å². The molecule has 10 aromatic carbocycles. The molecule has 0 radical (unpaired) electrons. The van der Waals surface area contributed by atoms with E-state index in [2.05, 4.69) is 158 Å². The van der Waals surface area contributed by atoms with E-state index < -0.39 is 0 Å². The van der Waals surface area contributed by atoms with Crippen LogP contribution in [0.15, 0.2) is 158 Å². The summed E-state index contributed by atoms with van der Waals surface area (Å²) in [6.45, 7) is 0. The molecule has 0 amide bonds. The summed E-state index contributed by atoms with van der Waals surface area (Å²) in [7, 11) is 0. The summed E-state index contributed by atoms with van der Waals surface area (Å²) in [5.41, 5.74) is 13.3. The van der Waals surface area contributed by atoms with Gasteiger partial charge in [0.05, 0.1) is 0 Å². The minimum Gasteiger partial charge on any atom is -0.0622 e. The van der Waals surface area contributed by atoms with Gasteiger partial charge in [0, 0.05) is 0 Å². The molecule has 48 heavy (non-hydrogen) atoms. The van der Waals surface area contributed by atoms with Crippen molar-refractivity contribution >= 4 is 64.6 Å². The summed E-state index contributed by atoms with van der Waals surface area (Å²) >= 11 is 0. The van der Waals surface area contributed by atoms with E-state index in [0.29, 0.717) is 0 Å². The van der Waals surface area contributed by atoms with Gasteiger partial charge in [-0.3, -0.25) is 0 Å². The van der Waals surface area contributed by atoms with Crippen LogP contribution in [0.4, 0.5) is 0 Å². The van der Waals surface area contributed by atoms with E-state index in [1.165, 1.54) is 120 Å². The smallest absolute Gasteiger partial charge is 0.00199 e. The number of fused-ring (bicyclic) bond motifs is 13. The van der Waals surface area contributed by atoms with Crippen LogP contribution >= 0.6 is 0 Å². The Balaban J connectivity index is 1.10. The average molecular weight is 603 g/mol. The van der Waals surface area contributed by atoms with E-state index >= 15 is 0 Å². The van der Waals surface area contributed by atoms with Crippen molar-refractivity contribution < 1.29 is 0 Å². The minimum atomic E-state index is 1.26. The fourth-order valence-corrected chi connectivity index (χ4v) is 9.12. The van der Waals surface area contributed by atoms with E-state index in [9.17, 15) is 0 Å². The molecule has 0 N–H and O–H groups in total. The molecule has 2 aliphatic carbocycles. The monoisotopic (exact) mass is 602 g/mol. The summed E-state index contributed by atoms with van der Waals surface area (Å²) < 4.78 is 0. The third-order valence-corrected chi connectivity index (χ3v) is 11.2. The zero-order valence-corrected chi connectivity index (χ0v) is 26.0. The topological polar surface area (TPSA) is 0 Å². The van der Waals surface area contributed by atoms with Gasteiger partial charge in [0.1, 0.15) is 0 Å². The Kier molecular flexibility index (Phi) is 4.55. The Bertz CT molecular complexity index is 3090. The molecular weight excluding hydrogens is 577 g/mol. The lowest BCUT2D eigenvalue weighted by atomic mass is 9.91. The second kappa shape index (κ2) is 8.76. The normalized spacial score (nSPS) is 12.6. The van der Waals surface area contributed by atoms with Gasteiger partial charge in [0.15, 0.2) is 0 Å². The van der Waals surface area contributed by atoms with Crippen LogP contribution in [-0.4, -0.2) is 0 Å². The molecule has 10 aromatic rings. The standard InChI is InChI=1S/C48H26/c1-2-8-27(9-3-1)32-20-31-11-6-13-37-43-25-39-29(21-41(43)45(24-32)47(31)37)16-18-35-34(39)19-17-30-22-42-44(26-40(30)35)38-15-7-14-36-33-12-5-4-10-28(33)23-46(42)48(36)38/h1-26H. The molecule has 0 heteroatoms. The van der Waals surface area contributed by atoms with Crippen molar-refractivity contribution in [1.82, 2.24) is 0 Å². The van der Waals surface area contributed by atoms with Gasteiger partial charge >= 0.3 is 0 Å². The van der Waals surface area contributed by atoms with Crippen molar-refractivity contribution in [3.8, 4) is 55.6 Å². The molecule has 0 fully saturated rings. The second-order valence-corrected chi connectivity index (χ2v) is 13.6. The number of hydrogen-bond acceptors (Lipinski definition) is 0. The summed E-state index contributed by atoms with van der Waals surface area (Å²) in [5, 5.41) is 15.9. The quantitative estimate of drug-likeness (QED) is 0.164. The first-order valence-electron chi connectivity index (χ1n) is 16.8. The third kappa shape index (κ3) is 3.10. The molecule has 0 unspecified atom stereocenters. The van der Waals surface area contributed by atoms with Gasteiger partial charge in [-0.25, -0.2) is 0 Å². The van der Waals surface area contributed by atoms with E-state index in [-0.39, 0.29) is 0 Å². The maximum absolute atomic E-state index is 2.47. The second-order valence-electron chi connectivity index (χ2n) is 13.6. The van der Waals surface area contributed by atoms with E-state index in [4.69, 9.17) is 0 Å². The summed E-state index contributed by atoms with van der Waals surface area (Å²) in [6.07, 6.45) is 0. The Morgan fingerprint density at radius 3 is 1.50 bits per heavy atom. The summed E-state index contributed by atoms with van der Waals surface area (Å²) in [6, 6.07) is 59.5. The number of benzene rings is 10. The highest BCUT2D eigenvalue weighted by Crippen LogP contribution is 2.53. The molecule has 12 rings (SSSR count). The molecule has 2 aliphatic rings. The predicted molar refractivity (Wildman–Crippen MR) is 206 cm³/mol. The Hall–Kier alpha value is -6.24. The fraction of sp³-hybridized carbons (Fsp3) is 0. The van der Waals surface area contributed by atoms with Crippen LogP contribution in [-0.2, 0) is 0 Å². The van der Waals surface area contributed by atoms with Crippen molar-refractivity contribution in [2.45, 2.75) is 0 Å². The zero-order chi connectivity index (χ0) is 31.1. The molecule has 0 saturated heterocycles. The molecule has 0 nitrogen and oxygen atoms in total. The molecule has 0 aliphatic heterocycles. The lowest BCUT2D eigenvalue weighted by molar-refractivity contribution is 1.65. The van der Waals surface area contributed by atoms with Crippen LogP contribution in [0.1, 0.15) is 0 Å². The van der Waals surface area contributed by atoms with Crippen LogP contribution in [0.2, 0.25) is 0 Å². The summed E-state index contributed by atoms with van der Waals surface area (Å²) in [5.74, 6) is 0. The highest BCUT2D eigenvalue weighted by Gasteiger charge is 2.25. The highest BCUT2D eigenvalue weighted by atomic mass is 14.3. The van der Waals surface area contributed by atoms with Gasteiger partial charge in [-0.05, 0) is 163 Å². The van der Waals surface area contributed by atoms with E-state index in [1.54, 1.807) is 0 Å². The van der Waals surface area contributed by atoms with Crippen molar-refractivity contribution in [2.24, 2.45) is 0 Å². The van der Waals surface area contributed by atoms with Crippen LogP contribution in [0.5, 0.6) is 0 Å². The molecule has 218 valence electrons. The SMILES string of the molecule is c1ccc(-c2cc3c4c(cccc4c2)-c2cc4c(ccc5c6cc7c(cc6ccc45)-c4cc5ccccc5c5cccc-7c45)cc2-3)cc1. The molecular formula is C48H26. The maximum Gasteiger partial charge on any atom is -0.00199 e. The van der Waals surface area contributed by atoms with Gasteiger partial charge in [-0.15, -0.1) is 0 Å². The van der Waals surface area contributed by atoms with Gasteiger partial charge in [-0.2, -0.15) is 0 Å². The van der Waals surface area contributed by atoms with Crippen molar-refractivity contribution in [1.29, 1.82) is 0 Å². The van der Waals surface area contributed by atoms with Gasteiger partial charge < -0.3 is 0 Å². The Morgan fingerprint density at radius 2 is 0.750 bits per heavy atom. The lowest BCUT2D eigenvalue weighted by Gasteiger charge is -2.12. The van der Waals surface area contributed by atoms with Crippen LogP contribution in [0.3, 0.4) is 0 Å². The molecule has 0 bridgehead atoms. The van der Waals surface area contributed by atoms with Crippen molar-refractivity contribution in [3.05, 3.63) is 158 Å². The van der Waals surface area contributed by atoms with Crippen molar-refractivity contribution in [3.63, 3.8) is 0 Å². The summed E-state index contributed by atoms with van der Waals surface area (Å²) in [4.78, 5) is 0. The molecule has 0 spiro atoms. The largest absolute Gasteiger partial charge is 0.0622 e. The first kappa shape index (κ1) is 24.9. The number of rotatable bonds is 1. The molecule has 0 aromatic heterocycles. The Morgan fingerprint density at radius 1 is 0.208 bits per heavy atom. The van der Waals surface area contributed by atoms with Gasteiger partial charge in [-0.1, -0.05) is 115 Å². The van der Waals surface area contributed by atoms with Crippen LogP contribution < -0.4 is 0 Å². The van der Waals surface area contributed by atoms with Crippen molar-refractivity contribution in [2.75, 3.05) is 0 Å². The van der Waals surface area contributed by atoms with E-state index in [0.717, 1.165) is 0 Å². The third-order valence-electron chi connectivity index (χ3n) is 11.2. The first-order valence-corrected chi connectivity index (χ1v) is 16.8. The highest BCUT2D eigenvalue weighted by molar-refractivity contribution is 6.27. The van der Waals surface area contributed by atoms with Gasteiger partial charge in [0.25, 0.3) is 0 Å².